The van der Waals surface area contributed by atoms with Gasteiger partial charge in [0.05, 0.1) is 0 Å². The lowest BCUT2D eigenvalue weighted by molar-refractivity contribution is -0.122. The molecule has 3 heteroatoms. The molecule has 0 bridgehead atoms. The number of fused-ring (bicyclic) bond motifs is 1. The molecular formula is C13H16N2O. The van der Waals surface area contributed by atoms with Gasteiger partial charge in [0.1, 0.15) is 6.04 Å². The summed E-state index contributed by atoms with van der Waals surface area (Å²) in [6.07, 6.45) is 4.19. The number of carbonyl (C=O) groups is 1. The molecule has 1 aliphatic carbocycles. The molecule has 2 aliphatic rings. The zero-order valence-corrected chi connectivity index (χ0v) is 9.20. The molecule has 0 spiro atoms. The Labute approximate surface area is 95.2 Å². The van der Waals surface area contributed by atoms with E-state index in [9.17, 15) is 4.79 Å². The number of carbonyl (C=O) groups excluding carboxylic acids is 1. The fourth-order valence-electron chi connectivity index (χ4n) is 2.16. The Hall–Kier alpha value is -1.51. The number of aryl methyl sites for hydroxylation is 1. The van der Waals surface area contributed by atoms with Crippen LogP contribution >= 0.6 is 0 Å². The van der Waals surface area contributed by atoms with Crippen LogP contribution in [0.15, 0.2) is 24.3 Å². The molecule has 1 saturated carbocycles. The average Bonchev–Trinajstić information content (AvgIpc) is 3.12. The van der Waals surface area contributed by atoms with Crippen molar-refractivity contribution < 1.29 is 4.79 Å². The Morgan fingerprint density at radius 3 is 2.88 bits per heavy atom. The van der Waals surface area contributed by atoms with Gasteiger partial charge in [0, 0.05) is 11.7 Å². The molecule has 1 fully saturated rings. The molecule has 1 aromatic carbocycles. The Morgan fingerprint density at radius 1 is 1.25 bits per heavy atom. The number of anilines is 1. The highest BCUT2D eigenvalue weighted by Gasteiger charge is 2.29. The summed E-state index contributed by atoms with van der Waals surface area (Å²) in [5, 5.41) is 6.37. The predicted molar refractivity (Wildman–Crippen MR) is 63.3 cm³/mol. The lowest BCUT2D eigenvalue weighted by atomic mass is 9.98. The third kappa shape index (κ3) is 1.90. The van der Waals surface area contributed by atoms with Gasteiger partial charge in [-0.2, -0.15) is 0 Å². The van der Waals surface area contributed by atoms with E-state index in [1.165, 1.54) is 5.56 Å². The minimum atomic E-state index is -0.0458. The van der Waals surface area contributed by atoms with E-state index < -0.39 is 0 Å². The van der Waals surface area contributed by atoms with Crippen LogP contribution in [0.4, 0.5) is 5.69 Å². The normalized spacial score (nSPS) is 23.1. The smallest absolute Gasteiger partial charge is 0.242 e. The van der Waals surface area contributed by atoms with Gasteiger partial charge in [0.15, 0.2) is 0 Å². The number of rotatable bonds is 2. The van der Waals surface area contributed by atoms with Crippen molar-refractivity contribution in [2.45, 2.75) is 37.8 Å². The van der Waals surface area contributed by atoms with Crippen LogP contribution in [0.2, 0.25) is 0 Å². The minimum Gasteiger partial charge on any atom is -0.373 e. The molecule has 1 aromatic rings. The highest BCUT2D eigenvalue weighted by Crippen LogP contribution is 2.25. The summed E-state index contributed by atoms with van der Waals surface area (Å²) in [6, 6.07) is 8.63. The van der Waals surface area contributed by atoms with Crippen molar-refractivity contribution in [3.05, 3.63) is 29.8 Å². The summed E-state index contributed by atoms with van der Waals surface area (Å²) in [5.41, 5.74) is 2.43. The molecule has 0 aromatic heterocycles. The maximum Gasteiger partial charge on any atom is 0.242 e. The van der Waals surface area contributed by atoms with E-state index in [0.29, 0.717) is 6.04 Å². The van der Waals surface area contributed by atoms with E-state index in [2.05, 4.69) is 16.7 Å². The maximum atomic E-state index is 11.9. The van der Waals surface area contributed by atoms with E-state index in [0.717, 1.165) is 31.4 Å². The Bertz CT molecular complexity index is 412. The van der Waals surface area contributed by atoms with E-state index in [1.807, 2.05) is 18.2 Å². The molecule has 3 nitrogen and oxygen atoms in total. The Kier molecular flexibility index (Phi) is 2.31. The zero-order valence-electron chi connectivity index (χ0n) is 9.20. The SMILES string of the molecule is O=C(NC1CC1)[C@@H]1CCc2ccccc2N1. The third-order valence-corrected chi connectivity index (χ3v) is 3.29. The van der Waals surface area contributed by atoms with Crippen molar-refractivity contribution in [2.75, 3.05) is 5.32 Å². The predicted octanol–water partition coefficient (Wildman–Crippen LogP) is 1.69. The summed E-state index contributed by atoms with van der Waals surface area (Å²) in [6.45, 7) is 0. The summed E-state index contributed by atoms with van der Waals surface area (Å²) in [4.78, 5) is 11.9. The fourth-order valence-corrected chi connectivity index (χ4v) is 2.16. The first-order valence-electron chi connectivity index (χ1n) is 5.98. The largest absolute Gasteiger partial charge is 0.373 e. The van der Waals surface area contributed by atoms with Gasteiger partial charge in [-0.15, -0.1) is 0 Å². The average molecular weight is 216 g/mol. The van der Waals surface area contributed by atoms with E-state index >= 15 is 0 Å². The molecular weight excluding hydrogens is 200 g/mol. The van der Waals surface area contributed by atoms with E-state index in [1.54, 1.807) is 0 Å². The summed E-state index contributed by atoms with van der Waals surface area (Å²) in [5.74, 6) is 0.164. The molecule has 16 heavy (non-hydrogen) atoms. The molecule has 1 amide bonds. The quantitative estimate of drug-likeness (QED) is 0.790. The van der Waals surface area contributed by atoms with Gasteiger partial charge in [-0.3, -0.25) is 4.79 Å². The molecule has 0 unspecified atom stereocenters. The number of benzene rings is 1. The van der Waals surface area contributed by atoms with Gasteiger partial charge in [-0.05, 0) is 37.3 Å². The van der Waals surface area contributed by atoms with Crippen molar-refractivity contribution in [2.24, 2.45) is 0 Å². The lowest BCUT2D eigenvalue weighted by Gasteiger charge is -2.26. The molecule has 2 N–H and O–H groups in total. The van der Waals surface area contributed by atoms with Gasteiger partial charge in [-0.25, -0.2) is 0 Å². The van der Waals surface area contributed by atoms with Crippen LogP contribution in [0.3, 0.4) is 0 Å². The first-order valence-corrected chi connectivity index (χ1v) is 5.98. The van der Waals surface area contributed by atoms with Gasteiger partial charge >= 0.3 is 0 Å². The van der Waals surface area contributed by atoms with Crippen molar-refractivity contribution in [3.63, 3.8) is 0 Å². The summed E-state index contributed by atoms with van der Waals surface area (Å²) >= 11 is 0. The van der Waals surface area contributed by atoms with Gasteiger partial charge < -0.3 is 10.6 Å². The van der Waals surface area contributed by atoms with Crippen molar-refractivity contribution in [3.8, 4) is 0 Å². The second kappa shape index (κ2) is 3.81. The van der Waals surface area contributed by atoms with Crippen LogP contribution in [-0.4, -0.2) is 18.0 Å². The number of hydrogen-bond donors (Lipinski definition) is 2. The second-order valence-corrected chi connectivity index (χ2v) is 4.68. The fraction of sp³-hybridized carbons (Fsp3) is 0.462. The lowest BCUT2D eigenvalue weighted by Crippen LogP contribution is -2.42. The maximum absolute atomic E-state index is 11.9. The number of para-hydroxylation sites is 1. The summed E-state index contributed by atoms with van der Waals surface area (Å²) < 4.78 is 0. The van der Waals surface area contributed by atoms with Gasteiger partial charge in [0.2, 0.25) is 5.91 Å². The zero-order chi connectivity index (χ0) is 11.0. The number of amides is 1. The molecule has 3 rings (SSSR count). The van der Waals surface area contributed by atoms with Crippen LogP contribution in [0.5, 0.6) is 0 Å². The Morgan fingerprint density at radius 2 is 2.06 bits per heavy atom. The van der Waals surface area contributed by atoms with Crippen molar-refractivity contribution >= 4 is 11.6 Å². The van der Waals surface area contributed by atoms with E-state index in [-0.39, 0.29) is 11.9 Å². The first-order chi connectivity index (χ1) is 7.83. The minimum absolute atomic E-state index is 0.0458. The van der Waals surface area contributed by atoms with Gasteiger partial charge in [-0.1, -0.05) is 18.2 Å². The van der Waals surface area contributed by atoms with Crippen LogP contribution < -0.4 is 10.6 Å². The van der Waals surface area contributed by atoms with E-state index in [4.69, 9.17) is 0 Å². The van der Waals surface area contributed by atoms with Gasteiger partial charge in [0.25, 0.3) is 0 Å². The first kappa shape index (κ1) is 9.70. The molecule has 1 heterocycles. The van der Waals surface area contributed by atoms with Crippen molar-refractivity contribution in [1.29, 1.82) is 0 Å². The highest BCUT2D eigenvalue weighted by atomic mass is 16.2. The summed E-state index contributed by atoms with van der Waals surface area (Å²) in [7, 11) is 0. The molecule has 0 saturated heterocycles. The van der Waals surface area contributed by atoms with Crippen molar-refractivity contribution in [1.82, 2.24) is 5.32 Å². The molecule has 1 aliphatic heterocycles. The second-order valence-electron chi connectivity index (χ2n) is 4.68. The molecule has 84 valence electrons. The Balaban J connectivity index is 1.69. The third-order valence-electron chi connectivity index (χ3n) is 3.29. The topological polar surface area (TPSA) is 41.1 Å². The number of hydrogen-bond acceptors (Lipinski definition) is 2. The monoisotopic (exact) mass is 216 g/mol. The standard InChI is InChI=1S/C13H16N2O/c16-13(14-10-6-7-10)12-8-5-9-3-1-2-4-11(9)15-12/h1-4,10,12,15H,5-8H2,(H,14,16)/t12-/m0/s1. The van der Waals surface area contributed by atoms with Crippen LogP contribution in [0.1, 0.15) is 24.8 Å². The van der Waals surface area contributed by atoms with Crippen LogP contribution in [-0.2, 0) is 11.2 Å². The number of nitrogens with one attached hydrogen (secondary N) is 2. The molecule has 0 radical (unpaired) electrons. The van der Waals surface area contributed by atoms with Crippen LogP contribution in [0.25, 0.3) is 0 Å². The highest BCUT2D eigenvalue weighted by molar-refractivity contribution is 5.86. The van der Waals surface area contributed by atoms with Crippen LogP contribution in [0, 0.1) is 0 Å². The molecule has 1 atom stereocenters.